The Hall–Kier alpha value is -4.21. The van der Waals surface area contributed by atoms with Crippen LogP contribution >= 0.6 is 0 Å². The second-order valence-electron chi connectivity index (χ2n) is 8.36. The standard InChI is InChI=1S/C26H26F2N4O4/c27-25(28)36-20-6-4-18(5-7-20)24(33)21-2-1-3-22(29)23(21)31-26(34)35-16-17-10-14-32(15-11-17)19-8-12-30-13-9-19/h1-9,12-13,17,25H,10-11,14-16,29H2,(H,31,34). The predicted octanol–water partition coefficient (Wildman–Crippen LogP) is 4.96. The van der Waals surface area contributed by atoms with Gasteiger partial charge < -0.3 is 20.1 Å². The Morgan fingerprint density at radius 2 is 1.75 bits per heavy atom. The number of nitrogens with two attached hydrogens (primary N) is 1. The van der Waals surface area contributed by atoms with Crippen LogP contribution in [0.4, 0.5) is 30.6 Å². The summed E-state index contributed by atoms with van der Waals surface area (Å²) >= 11 is 0. The molecule has 1 amide bonds. The monoisotopic (exact) mass is 496 g/mol. The summed E-state index contributed by atoms with van der Waals surface area (Å²) < 4.78 is 34.5. The minimum absolute atomic E-state index is 0.0670. The smallest absolute Gasteiger partial charge is 0.411 e. The topological polar surface area (TPSA) is 107 Å². The molecule has 3 aromatic rings. The van der Waals surface area contributed by atoms with Crippen molar-refractivity contribution in [3.05, 3.63) is 78.1 Å². The van der Waals surface area contributed by atoms with E-state index < -0.39 is 18.5 Å². The van der Waals surface area contributed by atoms with Gasteiger partial charge in [-0.25, -0.2) is 4.79 Å². The molecule has 1 aliphatic rings. The normalized spacial score (nSPS) is 13.9. The zero-order chi connectivity index (χ0) is 25.5. The van der Waals surface area contributed by atoms with Gasteiger partial charge in [-0.2, -0.15) is 8.78 Å². The largest absolute Gasteiger partial charge is 0.449 e. The van der Waals surface area contributed by atoms with Crippen LogP contribution in [-0.4, -0.2) is 43.2 Å². The molecule has 8 nitrogen and oxygen atoms in total. The summed E-state index contributed by atoms with van der Waals surface area (Å²) in [4.78, 5) is 31.9. The molecule has 2 heterocycles. The van der Waals surface area contributed by atoms with Crippen LogP contribution in [0.25, 0.3) is 0 Å². The maximum absolute atomic E-state index is 13.0. The molecule has 1 aliphatic heterocycles. The fourth-order valence-electron chi connectivity index (χ4n) is 4.09. The van der Waals surface area contributed by atoms with Crippen LogP contribution in [-0.2, 0) is 4.74 Å². The Bertz CT molecular complexity index is 1180. The highest BCUT2D eigenvalue weighted by molar-refractivity contribution is 6.15. The first kappa shape index (κ1) is 24.9. The Morgan fingerprint density at radius 1 is 1.06 bits per heavy atom. The average Bonchev–Trinajstić information content (AvgIpc) is 2.89. The molecule has 0 atom stereocenters. The third-order valence-electron chi connectivity index (χ3n) is 6.00. The number of ether oxygens (including phenoxy) is 2. The lowest BCUT2D eigenvalue weighted by Gasteiger charge is -2.33. The van der Waals surface area contributed by atoms with Crippen LogP contribution < -0.4 is 20.7 Å². The first-order valence-corrected chi connectivity index (χ1v) is 11.5. The Morgan fingerprint density at radius 3 is 2.42 bits per heavy atom. The van der Waals surface area contributed by atoms with Gasteiger partial charge in [0.2, 0.25) is 0 Å². The minimum atomic E-state index is -2.96. The van der Waals surface area contributed by atoms with E-state index in [9.17, 15) is 18.4 Å². The second kappa shape index (κ2) is 11.5. The molecule has 0 saturated carbocycles. The van der Waals surface area contributed by atoms with Crippen molar-refractivity contribution in [3.8, 4) is 5.75 Å². The number of hydrogen-bond acceptors (Lipinski definition) is 7. The van der Waals surface area contributed by atoms with Gasteiger partial charge in [-0.05, 0) is 67.3 Å². The second-order valence-corrected chi connectivity index (χ2v) is 8.36. The van der Waals surface area contributed by atoms with Gasteiger partial charge in [-0.1, -0.05) is 6.07 Å². The van der Waals surface area contributed by atoms with Crippen molar-refractivity contribution in [1.82, 2.24) is 4.98 Å². The fraction of sp³-hybridized carbons (Fsp3) is 0.269. The summed E-state index contributed by atoms with van der Waals surface area (Å²) in [6.07, 6.45) is 4.56. The van der Waals surface area contributed by atoms with E-state index in [2.05, 4.69) is 19.9 Å². The van der Waals surface area contributed by atoms with Crippen LogP contribution in [0, 0.1) is 5.92 Å². The maximum Gasteiger partial charge on any atom is 0.411 e. The predicted molar refractivity (Wildman–Crippen MR) is 132 cm³/mol. The summed E-state index contributed by atoms with van der Waals surface area (Å²) in [5, 5.41) is 2.59. The number of carbonyl (C=O) groups excluding carboxylic acids is 2. The molecule has 3 N–H and O–H groups in total. The third-order valence-corrected chi connectivity index (χ3v) is 6.00. The van der Waals surface area contributed by atoms with Crippen LogP contribution in [0.5, 0.6) is 5.75 Å². The number of piperidine rings is 1. The van der Waals surface area contributed by atoms with Crippen molar-refractivity contribution in [2.24, 2.45) is 5.92 Å². The van der Waals surface area contributed by atoms with Crippen molar-refractivity contribution in [1.29, 1.82) is 0 Å². The SMILES string of the molecule is Nc1cccc(C(=O)c2ccc(OC(F)F)cc2)c1NC(=O)OCC1CCN(c2ccncc2)CC1. The van der Waals surface area contributed by atoms with E-state index in [1.807, 2.05) is 12.1 Å². The molecule has 1 aromatic heterocycles. The van der Waals surface area contributed by atoms with Crippen LogP contribution in [0.3, 0.4) is 0 Å². The van der Waals surface area contributed by atoms with E-state index in [1.165, 1.54) is 30.3 Å². The van der Waals surface area contributed by atoms with Crippen molar-refractivity contribution < 1.29 is 27.8 Å². The molecule has 0 unspecified atom stereocenters. The lowest BCUT2D eigenvalue weighted by Crippen LogP contribution is -2.35. The Labute approximate surface area is 207 Å². The fourth-order valence-corrected chi connectivity index (χ4v) is 4.09. The molecule has 0 aliphatic carbocycles. The molecule has 0 radical (unpaired) electrons. The molecule has 4 rings (SSSR count). The van der Waals surface area contributed by atoms with E-state index in [0.717, 1.165) is 31.6 Å². The average molecular weight is 497 g/mol. The molecule has 1 saturated heterocycles. The number of ketones is 1. The highest BCUT2D eigenvalue weighted by Crippen LogP contribution is 2.28. The van der Waals surface area contributed by atoms with Crippen molar-refractivity contribution in [2.75, 3.05) is 35.6 Å². The van der Waals surface area contributed by atoms with E-state index >= 15 is 0 Å². The zero-order valence-corrected chi connectivity index (χ0v) is 19.4. The molecular formula is C26H26F2N4O4. The molecule has 188 valence electrons. The first-order chi connectivity index (χ1) is 17.4. The number of anilines is 3. The number of benzene rings is 2. The number of rotatable bonds is 8. The summed E-state index contributed by atoms with van der Waals surface area (Å²) in [5.41, 5.74) is 7.86. The van der Waals surface area contributed by atoms with Gasteiger partial charge in [-0.15, -0.1) is 0 Å². The van der Waals surface area contributed by atoms with E-state index in [-0.39, 0.29) is 40.8 Å². The van der Waals surface area contributed by atoms with Gasteiger partial charge in [-0.3, -0.25) is 15.1 Å². The van der Waals surface area contributed by atoms with Gasteiger partial charge in [0, 0.05) is 42.3 Å². The maximum atomic E-state index is 13.0. The van der Waals surface area contributed by atoms with E-state index in [0.29, 0.717) is 0 Å². The molecule has 1 fully saturated rings. The van der Waals surface area contributed by atoms with Crippen molar-refractivity contribution in [3.63, 3.8) is 0 Å². The molecule has 2 aromatic carbocycles. The van der Waals surface area contributed by atoms with Crippen molar-refractivity contribution >= 4 is 28.9 Å². The first-order valence-electron chi connectivity index (χ1n) is 11.5. The number of pyridine rings is 1. The highest BCUT2D eigenvalue weighted by Gasteiger charge is 2.22. The number of amides is 1. The molecule has 36 heavy (non-hydrogen) atoms. The number of nitrogens with one attached hydrogen (secondary N) is 1. The summed E-state index contributed by atoms with van der Waals surface area (Å²) in [7, 11) is 0. The van der Waals surface area contributed by atoms with Gasteiger partial charge in [0.05, 0.1) is 18.0 Å². The molecule has 10 heteroatoms. The van der Waals surface area contributed by atoms with Gasteiger partial charge in [0.25, 0.3) is 0 Å². The van der Waals surface area contributed by atoms with Gasteiger partial charge in [0.15, 0.2) is 5.78 Å². The number of halogens is 2. The number of alkyl halides is 2. The third kappa shape index (κ3) is 6.26. The summed E-state index contributed by atoms with van der Waals surface area (Å²) in [6, 6.07) is 13.9. The summed E-state index contributed by atoms with van der Waals surface area (Å²) in [6.45, 7) is -1.01. The van der Waals surface area contributed by atoms with E-state index in [1.54, 1.807) is 24.5 Å². The molecule has 0 bridgehead atoms. The number of aromatic nitrogens is 1. The van der Waals surface area contributed by atoms with Crippen LogP contribution in [0.2, 0.25) is 0 Å². The Kier molecular flexibility index (Phi) is 7.94. The quantitative estimate of drug-likeness (QED) is 0.335. The Balaban J connectivity index is 1.34. The number of nitrogens with zero attached hydrogens (tertiary/aromatic N) is 2. The lowest BCUT2D eigenvalue weighted by molar-refractivity contribution is -0.0498. The number of nitrogen functional groups attached to an aromatic ring is 1. The van der Waals surface area contributed by atoms with Gasteiger partial charge >= 0.3 is 12.7 Å². The highest BCUT2D eigenvalue weighted by atomic mass is 19.3. The number of para-hydroxylation sites is 1. The van der Waals surface area contributed by atoms with Gasteiger partial charge in [0.1, 0.15) is 5.75 Å². The zero-order valence-electron chi connectivity index (χ0n) is 19.4. The van der Waals surface area contributed by atoms with Crippen LogP contribution in [0.15, 0.2) is 67.0 Å². The van der Waals surface area contributed by atoms with Crippen LogP contribution in [0.1, 0.15) is 28.8 Å². The lowest BCUT2D eigenvalue weighted by atomic mass is 9.97. The number of carbonyl (C=O) groups is 2. The molecular weight excluding hydrogens is 470 g/mol. The summed E-state index contributed by atoms with van der Waals surface area (Å²) in [5.74, 6) is -0.288. The number of hydrogen-bond donors (Lipinski definition) is 2. The van der Waals surface area contributed by atoms with E-state index in [4.69, 9.17) is 10.5 Å². The molecule has 0 spiro atoms. The van der Waals surface area contributed by atoms with Crippen molar-refractivity contribution in [2.45, 2.75) is 19.5 Å². The minimum Gasteiger partial charge on any atom is -0.449 e.